The second-order valence-electron chi connectivity index (χ2n) is 5.37. The first-order valence-corrected chi connectivity index (χ1v) is 7.52. The second kappa shape index (κ2) is 8.42. The number of hydrogen-bond acceptors (Lipinski definition) is 4. The summed E-state index contributed by atoms with van der Waals surface area (Å²) in [7, 11) is 1.60. The monoisotopic (exact) mass is 336 g/mol. The molecule has 0 radical (unpaired) electrons. The number of carbonyl (C=O) groups excluding carboxylic acids is 1. The van der Waals surface area contributed by atoms with Crippen LogP contribution in [0.2, 0.25) is 0 Å². The molecule has 0 aliphatic rings. The Morgan fingerprint density at radius 2 is 2.12 bits per heavy atom. The Balaban J connectivity index is 1.86. The average Bonchev–Trinajstić information content (AvgIpc) is 3.00. The summed E-state index contributed by atoms with van der Waals surface area (Å²) in [4.78, 5) is 12.0. The standard InChI is InChI=1S/C16H21FN4O3/c1-11(15(22)12-3-5-13(17)6-4-12)19-16(23)20-14-9-18-21(10-14)7-8-24-2/h3-6,9-11,15,22H,7-8H2,1-2H3,(H2,19,20,23)/t11-,15+/m1/s1. The lowest BCUT2D eigenvalue weighted by molar-refractivity contribution is 0.139. The number of rotatable bonds is 7. The topological polar surface area (TPSA) is 88.4 Å². The van der Waals surface area contributed by atoms with E-state index in [0.717, 1.165) is 0 Å². The van der Waals surface area contributed by atoms with E-state index < -0.39 is 18.2 Å². The number of benzene rings is 1. The molecule has 24 heavy (non-hydrogen) atoms. The van der Waals surface area contributed by atoms with Gasteiger partial charge in [-0.25, -0.2) is 9.18 Å². The van der Waals surface area contributed by atoms with Crippen LogP contribution in [0.1, 0.15) is 18.6 Å². The van der Waals surface area contributed by atoms with Gasteiger partial charge in [-0.05, 0) is 24.6 Å². The zero-order valence-corrected chi connectivity index (χ0v) is 13.6. The van der Waals surface area contributed by atoms with Gasteiger partial charge in [-0.1, -0.05) is 12.1 Å². The van der Waals surface area contributed by atoms with Gasteiger partial charge in [-0.15, -0.1) is 0 Å². The highest BCUT2D eigenvalue weighted by atomic mass is 19.1. The molecule has 7 nitrogen and oxygen atoms in total. The number of amides is 2. The van der Waals surface area contributed by atoms with Crippen molar-refractivity contribution in [1.82, 2.24) is 15.1 Å². The molecule has 2 aromatic rings. The van der Waals surface area contributed by atoms with Crippen LogP contribution in [0, 0.1) is 5.82 Å². The van der Waals surface area contributed by atoms with Crippen LogP contribution in [0.25, 0.3) is 0 Å². The maximum absolute atomic E-state index is 12.9. The van der Waals surface area contributed by atoms with Gasteiger partial charge in [0.1, 0.15) is 5.82 Å². The van der Waals surface area contributed by atoms with Crippen LogP contribution in [0.5, 0.6) is 0 Å². The van der Waals surface area contributed by atoms with E-state index >= 15 is 0 Å². The van der Waals surface area contributed by atoms with Gasteiger partial charge in [0.05, 0.1) is 37.2 Å². The van der Waals surface area contributed by atoms with Gasteiger partial charge in [0, 0.05) is 13.3 Å². The number of nitrogens with zero attached hydrogens (tertiary/aromatic N) is 2. The zero-order valence-electron chi connectivity index (χ0n) is 13.6. The molecule has 0 aliphatic carbocycles. The van der Waals surface area contributed by atoms with E-state index in [1.165, 1.54) is 30.5 Å². The van der Waals surface area contributed by atoms with E-state index in [1.807, 2.05) is 0 Å². The van der Waals surface area contributed by atoms with Gasteiger partial charge in [-0.2, -0.15) is 5.10 Å². The molecule has 1 heterocycles. The number of ether oxygens (including phenoxy) is 1. The molecule has 8 heteroatoms. The molecule has 2 rings (SSSR count). The number of methoxy groups -OCH3 is 1. The quantitative estimate of drug-likeness (QED) is 0.721. The number of anilines is 1. The molecule has 0 bridgehead atoms. The smallest absolute Gasteiger partial charge is 0.319 e. The summed E-state index contributed by atoms with van der Waals surface area (Å²) in [6, 6.07) is 4.47. The lowest BCUT2D eigenvalue weighted by Gasteiger charge is -2.20. The third-order valence-corrected chi connectivity index (χ3v) is 3.46. The van der Waals surface area contributed by atoms with Crippen LogP contribution in [0.4, 0.5) is 14.9 Å². The van der Waals surface area contributed by atoms with Crippen LogP contribution in [0.15, 0.2) is 36.7 Å². The zero-order chi connectivity index (χ0) is 17.5. The first kappa shape index (κ1) is 17.9. The summed E-state index contributed by atoms with van der Waals surface area (Å²) in [5, 5.41) is 19.6. The van der Waals surface area contributed by atoms with E-state index in [2.05, 4.69) is 15.7 Å². The summed E-state index contributed by atoms with van der Waals surface area (Å²) < 4.78 is 19.5. The molecular formula is C16H21FN4O3. The van der Waals surface area contributed by atoms with E-state index in [1.54, 1.807) is 24.9 Å². The van der Waals surface area contributed by atoms with Crippen LogP contribution in [-0.4, -0.2) is 40.7 Å². The third kappa shape index (κ3) is 5.04. The summed E-state index contributed by atoms with van der Waals surface area (Å²) in [6.45, 7) is 2.77. The number of urea groups is 1. The second-order valence-corrected chi connectivity index (χ2v) is 5.37. The van der Waals surface area contributed by atoms with Crippen LogP contribution < -0.4 is 10.6 Å². The predicted octanol–water partition coefficient (Wildman–Crippen LogP) is 1.91. The first-order valence-electron chi connectivity index (χ1n) is 7.52. The van der Waals surface area contributed by atoms with Crippen molar-refractivity contribution in [2.75, 3.05) is 19.0 Å². The number of aliphatic hydroxyl groups is 1. The molecule has 0 fully saturated rings. The number of aromatic nitrogens is 2. The van der Waals surface area contributed by atoms with Gasteiger partial charge in [0.15, 0.2) is 0 Å². The van der Waals surface area contributed by atoms with Crippen molar-refractivity contribution in [3.8, 4) is 0 Å². The number of carbonyl (C=O) groups is 1. The van der Waals surface area contributed by atoms with E-state index in [0.29, 0.717) is 24.4 Å². The Labute approximate surface area is 139 Å². The van der Waals surface area contributed by atoms with Crippen molar-refractivity contribution in [2.24, 2.45) is 0 Å². The molecule has 3 N–H and O–H groups in total. The van der Waals surface area contributed by atoms with Crippen molar-refractivity contribution < 1.29 is 19.0 Å². The molecule has 2 atom stereocenters. The number of hydrogen-bond donors (Lipinski definition) is 3. The Morgan fingerprint density at radius 1 is 1.42 bits per heavy atom. The Bertz CT molecular complexity index is 660. The third-order valence-electron chi connectivity index (χ3n) is 3.46. The minimum atomic E-state index is -0.944. The van der Waals surface area contributed by atoms with Crippen LogP contribution >= 0.6 is 0 Å². The fraction of sp³-hybridized carbons (Fsp3) is 0.375. The lowest BCUT2D eigenvalue weighted by Crippen LogP contribution is -2.39. The Hall–Kier alpha value is -2.45. The van der Waals surface area contributed by atoms with Gasteiger partial charge in [0.2, 0.25) is 0 Å². The SMILES string of the molecule is COCCn1cc(NC(=O)N[C@H](C)[C@H](O)c2ccc(F)cc2)cn1. The van der Waals surface area contributed by atoms with Crippen molar-refractivity contribution in [1.29, 1.82) is 0 Å². The minimum absolute atomic E-state index is 0.380. The molecule has 1 aromatic heterocycles. The lowest BCUT2D eigenvalue weighted by atomic mass is 10.0. The largest absolute Gasteiger partial charge is 0.386 e. The highest BCUT2D eigenvalue weighted by Gasteiger charge is 2.18. The van der Waals surface area contributed by atoms with E-state index in [4.69, 9.17) is 4.74 Å². The summed E-state index contributed by atoms with van der Waals surface area (Å²) >= 11 is 0. The molecule has 2 amide bonds. The maximum atomic E-state index is 12.9. The first-order chi connectivity index (χ1) is 11.5. The predicted molar refractivity (Wildman–Crippen MR) is 87.1 cm³/mol. The molecule has 130 valence electrons. The molecule has 0 saturated carbocycles. The Kier molecular flexibility index (Phi) is 6.28. The van der Waals surface area contributed by atoms with Crippen LogP contribution in [-0.2, 0) is 11.3 Å². The van der Waals surface area contributed by atoms with Gasteiger partial charge < -0.3 is 20.5 Å². The summed E-state index contributed by atoms with van der Waals surface area (Å²) in [6.07, 6.45) is 2.26. The fourth-order valence-corrected chi connectivity index (χ4v) is 2.14. The Morgan fingerprint density at radius 3 is 2.79 bits per heavy atom. The number of aliphatic hydroxyl groups excluding tert-OH is 1. The molecule has 0 spiro atoms. The van der Waals surface area contributed by atoms with Crippen molar-refractivity contribution >= 4 is 11.7 Å². The van der Waals surface area contributed by atoms with Gasteiger partial charge in [-0.3, -0.25) is 4.68 Å². The van der Waals surface area contributed by atoms with Gasteiger partial charge >= 0.3 is 6.03 Å². The average molecular weight is 336 g/mol. The number of halogens is 1. The molecular weight excluding hydrogens is 315 g/mol. The minimum Gasteiger partial charge on any atom is -0.386 e. The highest BCUT2D eigenvalue weighted by molar-refractivity contribution is 5.89. The molecule has 0 saturated heterocycles. The highest BCUT2D eigenvalue weighted by Crippen LogP contribution is 2.17. The van der Waals surface area contributed by atoms with Gasteiger partial charge in [0.25, 0.3) is 0 Å². The summed E-state index contributed by atoms with van der Waals surface area (Å²) in [5.41, 5.74) is 1.06. The number of nitrogens with one attached hydrogen (secondary N) is 2. The molecule has 0 aliphatic heterocycles. The van der Waals surface area contributed by atoms with E-state index in [-0.39, 0.29) is 5.82 Å². The van der Waals surface area contributed by atoms with Crippen molar-refractivity contribution in [3.63, 3.8) is 0 Å². The summed E-state index contributed by atoms with van der Waals surface area (Å²) in [5.74, 6) is -0.380. The molecule has 1 aromatic carbocycles. The van der Waals surface area contributed by atoms with Crippen LogP contribution in [0.3, 0.4) is 0 Å². The van der Waals surface area contributed by atoms with E-state index in [9.17, 15) is 14.3 Å². The maximum Gasteiger partial charge on any atom is 0.319 e. The molecule has 0 unspecified atom stereocenters. The fourth-order valence-electron chi connectivity index (χ4n) is 2.14. The van der Waals surface area contributed by atoms with Crippen molar-refractivity contribution in [3.05, 3.63) is 48.0 Å². The normalized spacial score (nSPS) is 13.3. The van der Waals surface area contributed by atoms with Crippen molar-refractivity contribution in [2.45, 2.75) is 25.6 Å².